The Bertz CT molecular complexity index is 955. The first-order valence-corrected chi connectivity index (χ1v) is 7.74. The second kappa shape index (κ2) is 6.82. The maximum absolute atomic E-state index is 10.9. The number of carbonyl (C=O) groups is 2. The van der Waals surface area contributed by atoms with Gasteiger partial charge < -0.3 is 10.2 Å². The Balaban J connectivity index is 2.01. The van der Waals surface area contributed by atoms with Crippen molar-refractivity contribution < 1.29 is 19.8 Å². The van der Waals surface area contributed by atoms with Crippen LogP contribution < -0.4 is 0 Å². The molecule has 3 rings (SSSR count). The Morgan fingerprint density at radius 3 is 2.00 bits per heavy atom. The number of hydrogen-bond acceptors (Lipinski definition) is 5. The number of aromatic nitrogens is 2. The van der Waals surface area contributed by atoms with Crippen molar-refractivity contribution in [3.8, 4) is 0 Å². The highest BCUT2D eigenvalue weighted by Gasteiger charge is 2.15. The molecule has 3 aromatic rings. The number of fused-ring (bicyclic) bond motifs is 3. The van der Waals surface area contributed by atoms with Crippen LogP contribution in [0.4, 0.5) is 0 Å². The molecule has 128 valence electrons. The summed E-state index contributed by atoms with van der Waals surface area (Å²) in [5, 5.41) is 19.8. The van der Waals surface area contributed by atoms with Crippen LogP contribution >= 0.6 is 0 Å². The summed E-state index contributed by atoms with van der Waals surface area (Å²) in [6.45, 7) is 1.32. The summed E-state index contributed by atoms with van der Waals surface area (Å²) in [7, 11) is 0. The minimum absolute atomic E-state index is 0.136. The Hall–Kier alpha value is -3.06. The van der Waals surface area contributed by atoms with Crippen molar-refractivity contribution in [2.75, 3.05) is 13.1 Å². The number of aliphatic carboxylic acids is 2. The molecule has 0 atom stereocenters. The number of benzene rings is 1. The second-order valence-electron chi connectivity index (χ2n) is 5.90. The average Bonchev–Trinajstić information content (AvgIpc) is 2.53. The third-order valence-corrected chi connectivity index (χ3v) is 3.82. The van der Waals surface area contributed by atoms with Crippen LogP contribution in [-0.4, -0.2) is 50.1 Å². The van der Waals surface area contributed by atoms with Crippen molar-refractivity contribution in [2.45, 2.75) is 13.5 Å². The van der Waals surface area contributed by atoms with Crippen molar-refractivity contribution >= 4 is 33.7 Å². The van der Waals surface area contributed by atoms with Crippen molar-refractivity contribution in [2.24, 2.45) is 0 Å². The van der Waals surface area contributed by atoms with Gasteiger partial charge >= 0.3 is 11.9 Å². The Kier molecular flexibility index (Phi) is 4.58. The molecule has 1 aromatic carbocycles. The molecule has 0 bridgehead atoms. The molecule has 0 fully saturated rings. The number of carboxylic acids is 2. The van der Waals surface area contributed by atoms with E-state index < -0.39 is 11.9 Å². The first-order chi connectivity index (χ1) is 11.9. The first kappa shape index (κ1) is 16.8. The van der Waals surface area contributed by atoms with Gasteiger partial charge in [0, 0.05) is 23.0 Å². The molecule has 0 radical (unpaired) electrons. The molecule has 0 spiro atoms. The number of hydrogen-bond donors (Lipinski definition) is 2. The molecular formula is C18H17N3O4. The van der Waals surface area contributed by atoms with E-state index >= 15 is 0 Å². The van der Waals surface area contributed by atoms with E-state index in [-0.39, 0.29) is 19.6 Å². The smallest absolute Gasteiger partial charge is 0.317 e. The van der Waals surface area contributed by atoms with Crippen LogP contribution in [0.3, 0.4) is 0 Å². The van der Waals surface area contributed by atoms with Gasteiger partial charge in [0.2, 0.25) is 0 Å². The molecule has 2 N–H and O–H groups in total. The van der Waals surface area contributed by atoms with Crippen molar-refractivity contribution in [3.05, 3.63) is 47.8 Å². The molecule has 7 nitrogen and oxygen atoms in total. The lowest BCUT2D eigenvalue weighted by molar-refractivity contribution is -0.142. The topological polar surface area (TPSA) is 104 Å². The van der Waals surface area contributed by atoms with Crippen molar-refractivity contribution in [1.82, 2.24) is 14.9 Å². The minimum atomic E-state index is -1.08. The molecule has 0 saturated heterocycles. The quantitative estimate of drug-likeness (QED) is 0.662. The van der Waals surface area contributed by atoms with Gasteiger partial charge in [-0.3, -0.25) is 19.5 Å². The lowest BCUT2D eigenvalue weighted by Crippen LogP contribution is -2.34. The second-order valence-corrected chi connectivity index (χ2v) is 5.90. The van der Waals surface area contributed by atoms with Gasteiger partial charge in [-0.1, -0.05) is 24.3 Å². The molecule has 0 unspecified atom stereocenters. The molecule has 7 heteroatoms. The van der Waals surface area contributed by atoms with Crippen molar-refractivity contribution in [3.63, 3.8) is 0 Å². The first-order valence-electron chi connectivity index (χ1n) is 7.74. The highest BCUT2D eigenvalue weighted by molar-refractivity contribution is 6.02. The third kappa shape index (κ3) is 3.89. The molecule has 2 heterocycles. The van der Waals surface area contributed by atoms with Crippen LogP contribution in [0.5, 0.6) is 0 Å². The van der Waals surface area contributed by atoms with Gasteiger partial charge in [-0.15, -0.1) is 0 Å². The lowest BCUT2D eigenvalue weighted by Gasteiger charge is -2.17. The van der Waals surface area contributed by atoms with Gasteiger partial charge in [-0.25, -0.2) is 4.98 Å². The predicted octanol–water partition coefficient (Wildman–Crippen LogP) is 2.06. The number of aryl methyl sites for hydroxylation is 1. The van der Waals surface area contributed by atoms with Gasteiger partial charge in [0.25, 0.3) is 0 Å². The number of pyridine rings is 2. The van der Waals surface area contributed by atoms with Crippen LogP contribution in [0.25, 0.3) is 21.8 Å². The predicted molar refractivity (Wildman–Crippen MR) is 92.3 cm³/mol. The highest BCUT2D eigenvalue weighted by atomic mass is 16.4. The van der Waals surface area contributed by atoms with E-state index in [2.05, 4.69) is 9.97 Å². The Labute approximate surface area is 143 Å². The van der Waals surface area contributed by atoms with Gasteiger partial charge in [-0.05, 0) is 19.1 Å². The average molecular weight is 339 g/mol. The molecule has 0 amide bonds. The van der Waals surface area contributed by atoms with Crippen LogP contribution in [0.15, 0.2) is 36.4 Å². The summed E-state index contributed by atoms with van der Waals surface area (Å²) < 4.78 is 0. The standard InChI is InChI=1S/C18H17N3O4/c1-11-2-3-12-4-5-13-6-7-14(20-18(13)17(12)19-11)8-21(9-15(22)23)10-16(24)25/h2-7H,8-10H2,1H3,(H,22,23)(H,24,25). The molecule has 0 aliphatic carbocycles. The summed E-state index contributed by atoms with van der Waals surface area (Å²) >= 11 is 0. The van der Waals surface area contributed by atoms with Gasteiger partial charge in [0.05, 0.1) is 29.8 Å². The molecule has 25 heavy (non-hydrogen) atoms. The Morgan fingerprint density at radius 2 is 1.40 bits per heavy atom. The molecule has 0 aliphatic rings. The molecule has 2 aromatic heterocycles. The largest absolute Gasteiger partial charge is 0.480 e. The summed E-state index contributed by atoms with van der Waals surface area (Å²) in [6.07, 6.45) is 0. The normalized spacial score (nSPS) is 11.3. The zero-order valence-corrected chi connectivity index (χ0v) is 13.6. The van der Waals surface area contributed by atoms with E-state index in [0.717, 1.165) is 27.5 Å². The van der Waals surface area contributed by atoms with Gasteiger partial charge in [-0.2, -0.15) is 0 Å². The highest BCUT2D eigenvalue weighted by Crippen LogP contribution is 2.23. The zero-order valence-electron chi connectivity index (χ0n) is 13.6. The van der Waals surface area contributed by atoms with E-state index in [1.165, 1.54) is 4.90 Å². The SMILES string of the molecule is Cc1ccc2ccc3ccc(CN(CC(=O)O)CC(=O)O)nc3c2n1. The number of nitrogens with zero attached hydrogens (tertiary/aromatic N) is 3. The molecular weight excluding hydrogens is 322 g/mol. The maximum Gasteiger partial charge on any atom is 0.317 e. The number of rotatable bonds is 6. The van der Waals surface area contributed by atoms with Gasteiger partial charge in [0.1, 0.15) is 0 Å². The van der Waals surface area contributed by atoms with E-state index in [0.29, 0.717) is 5.69 Å². The summed E-state index contributed by atoms with van der Waals surface area (Å²) in [6, 6.07) is 11.5. The molecule has 0 saturated carbocycles. The minimum Gasteiger partial charge on any atom is -0.480 e. The van der Waals surface area contributed by atoms with Crippen LogP contribution in [0, 0.1) is 6.92 Å². The van der Waals surface area contributed by atoms with E-state index in [1.807, 2.05) is 37.3 Å². The van der Waals surface area contributed by atoms with E-state index in [1.54, 1.807) is 6.07 Å². The van der Waals surface area contributed by atoms with Crippen LogP contribution in [-0.2, 0) is 16.1 Å². The summed E-state index contributed by atoms with van der Waals surface area (Å²) in [5.41, 5.74) is 2.99. The number of carboxylic acid groups (broad SMARTS) is 2. The Morgan fingerprint density at radius 1 is 0.880 bits per heavy atom. The zero-order chi connectivity index (χ0) is 18.0. The monoisotopic (exact) mass is 339 g/mol. The third-order valence-electron chi connectivity index (χ3n) is 3.82. The maximum atomic E-state index is 10.9. The lowest BCUT2D eigenvalue weighted by atomic mass is 10.1. The fourth-order valence-corrected chi connectivity index (χ4v) is 2.77. The summed E-state index contributed by atoms with van der Waals surface area (Å²) in [4.78, 5) is 32.4. The van der Waals surface area contributed by atoms with Crippen LogP contribution in [0.1, 0.15) is 11.4 Å². The van der Waals surface area contributed by atoms with E-state index in [9.17, 15) is 9.59 Å². The summed E-state index contributed by atoms with van der Waals surface area (Å²) in [5.74, 6) is -2.16. The molecule has 0 aliphatic heterocycles. The fourth-order valence-electron chi connectivity index (χ4n) is 2.77. The van der Waals surface area contributed by atoms with Crippen LogP contribution in [0.2, 0.25) is 0 Å². The van der Waals surface area contributed by atoms with E-state index in [4.69, 9.17) is 10.2 Å². The fraction of sp³-hybridized carbons (Fsp3) is 0.222. The van der Waals surface area contributed by atoms with Crippen molar-refractivity contribution in [1.29, 1.82) is 0 Å². The van der Waals surface area contributed by atoms with Gasteiger partial charge in [0.15, 0.2) is 0 Å².